The van der Waals surface area contributed by atoms with E-state index in [1.165, 1.54) is 0 Å². The van der Waals surface area contributed by atoms with E-state index in [9.17, 15) is 0 Å². The van der Waals surface area contributed by atoms with Crippen molar-refractivity contribution in [2.24, 2.45) is 7.05 Å². The fourth-order valence-electron chi connectivity index (χ4n) is 3.52. The molecule has 1 fully saturated rings. The van der Waals surface area contributed by atoms with Gasteiger partial charge in [0.1, 0.15) is 5.82 Å². The molecule has 0 amide bonds. The molecule has 0 spiro atoms. The Bertz CT molecular complexity index is 1090. The molecule has 0 atom stereocenters. The molecule has 0 bridgehead atoms. The third-order valence-corrected chi connectivity index (χ3v) is 4.99. The topological polar surface area (TPSA) is 61.0 Å². The molecule has 0 N–H and O–H groups in total. The molecule has 0 saturated carbocycles. The molecule has 136 valence electrons. The van der Waals surface area contributed by atoms with Gasteiger partial charge in [-0.2, -0.15) is 5.10 Å². The van der Waals surface area contributed by atoms with Gasteiger partial charge in [0, 0.05) is 43.4 Å². The van der Waals surface area contributed by atoms with E-state index < -0.39 is 0 Å². The first-order chi connectivity index (χ1) is 13.3. The van der Waals surface area contributed by atoms with Gasteiger partial charge in [-0.15, -0.1) is 0 Å². The number of hydrogen-bond acceptors (Lipinski definition) is 5. The third kappa shape index (κ3) is 2.86. The number of ether oxygens (including phenoxy) is 1. The molecule has 7 heteroatoms. The van der Waals surface area contributed by atoms with E-state index >= 15 is 0 Å². The number of aromatic nitrogens is 5. The molecule has 0 radical (unpaired) electrons. The molecule has 0 aliphatic carbocycles. The van der Waals surface area contributed by atoms with E-state index in [4.69, 9.17) is 4.74 Å². The van der Waals surface area contributed by atoms with Crippen LogP contribution in [0, 0.1) is 0 Å². The zero-order valence-corrected chi connectivity index (χ0v) is 15.1. The van der Waals surface area contributed by atoms with Crippen LogP contribution in [0.25, 0.3) is 27.8 Å². The van der Waals surface area contributed by atoms with Gasteiger partial charge in [0.15, 0.2) is 0 Å². The second-order valence-electron chi connectivity index (χ2n) is 6.69. The van der Waals surface area contributed by atoms with E-state index in [0.29, 0.717) is 0 Å². The van der Waals surface area contributed by atoms with Gasteiger partial charge in [-0.05, 0) is 12.1 Å². The average Bonchev–Trinajstić information content (AvgIpc) is 3.34. The summed E-state index contributed by atoms with van der Waals surface area (Å²) in [5.41, 5.74) is 4.26. The zero-order valence-electron chi connectivity index (χ0n) is 15.1. The number of imidazole rings is 1. The summed E-state index contributed by atoms with van der Waals surface area (Å²) in [5.74, 6) is 0.960. The maximum Gasteiger partial charge on any atom is 0.130 e. The Morgan fingerprint density at radius 1 is 1.04 bits per heavy atom. The maximum atomic E-state index is 5.45. The van der Waals surface area contributed by atoms with Gasteiger partial charge < -0.3 is 14.2 Å². The summed E-state index contributed by atoms with van der Waals surface area (Å²) in [6, 6.07) is 10.5. The van der Waals surface area contributed by atoms with Crippen LogP contribution in [0.4, 0.5) is 5.82 Å². The SMILES string of the molecule is Cn1cncc1-c1ccc2cnn(-c3ccnc(N4CCOCC4)c3)c2c1. The number of rotatable bonds is 3. The van der Waals surface area contributed by atoms with Crippen LogP contribution >= 0.6 is 0 Å². The van der Waals surface area contributed by atoms with Gasteiger partial charge in [0.05, 0.1) is 48.8 Å². The average molecular weight is 360 g/mol. The van der Waals surface area contributed by atoms with Crippen molar-refractivity contribution in [2.75, 3.05) is 31.2 Å². The Morgan fingerprint density at radius 2 is 1.93 bits per heavy atom. The summed E-state index contributed by atoms with van der Waals surface area (Å²) >= 11 is 0. The number of hydrogen-bond donors (Lipinski definition) is 0. The molecular weight excluding hydrogens is 340 g/mol. The fourth-order valence-corrected chi connectivity index (χ4v) is 3.52. The lowest BCUT2D eigenvalue weighted by Gasteiger charge is -2.28. The second kappa shape index (κ2) is 6.51. The minimum absolute atomic E-state index is 0.741. The summed E-state index contributed by atoms with van der Waals surface area (Å²) in [5, 5.41) is 5.72. The molecule has 7 nitrogen and oxygen atoms in total. The van der Waals surface area contributed by atoms with Crippen LogP contribution in [0.15, 0.2) is 55.2 Å². The fraction of sp³-hybridized carbons (Fsp3) is 0.250. The summed E-state index contributed by atoms with van der Waals surface area (Å²) < 4.78 is 9.44. The summed E-state index contributed by atoms with van der Waals surface area (Å²) in [6.45, 7) is 3.21. The van der Waals surface area contributed by atoms with Crippen molar-refractivity contribution in [1.82, 2.24) is 24.3 Å². The molecule has 4 heterocycles. The number of benzene rings is 1. The predicted octanol–water partition coefficient (Wildman–Crippen LogP) is 2.66. The van der Waals surface area contributed by atoms with Gasteiger partial charge in [-0.25, -0.2) is 14.6 Å². The lowest BCUT2D eigenvalue weighted by molar-refractivity contribution is 0.122. The first kappa shape index (κ1) is 16.0. The van der Waals surface area contributed by atoms with Gasteiger partial charge in [-0.1, -0.05) is 12.1 Å². The highest BCUT2D eigenvalue weighted by molar-refractivity contribution is 5.85. The standard InChI is InChI=1S/C20H20N6O/c1-24-14-21-13-19(24)15-2-3-16-12-23-26(18(16)10-15)17-4-5-22-20(11-17)25-6-8-27-9-7-25/h2-5,10-14H,6-9H2,1H3. The minimum atomic E-state index is 0.741. The highest BCUT2D eigenvalue weighted by atomic mass is 16.5. The Balaban J connectivity index is 1.58. The number of aryl methyl sites for hydroxylation is 1. The van der Waals surface area contributed by atoms with E-state index in [2.05, 4.69) is 44.2 Å². The number of morpholine rings is 1. The largest absolute Gasteiger partial charge is 0.378 e. The van der Waals surface area contributed by atoms with Crippen molar-refractivity contribution in [3.63, 3.8) is 0 Å². The van der Waals surface area contributed by atoms with Crippen LogP contribution in [0.2, 0.25) is 0 Å². The number of fused-ring (bicyclic) bond motifs is 1. The molecule has 1 saturated heterocycles. The van der Waals surface area contributed by atoms with Crippen molar-refractivity contribution in [3.05, 3.63) is 55.2 Å². The highest BCUT2D eigenvalue weighted by Gasteiger charge is 2.14. The maximum absolute atomic E-state index is 5.45. The minimum Gasteiger partial charge on any atom is -0.378 e. The Morgan fingerprint density at radius 3 is 2.74 bits per heavy atom. The van der Waals surface area contributed by atoms with E-state index in [1.54, 1.807) is 0 Å². The molecule has 1 aliphatic heterocycles. The van der Waals surface area contributed by atoms with E-state index in [1.807, 2.05) is 47.3 Å². The van der Waals surface area contributed by atoms with Crippen LogP contribution in [0.1, 0.15) is 0 Å². The predicted molar refractivity (Wildman–Crippen MR) is 104 cm³/mol. The van der Waals surface area contributed by atoms with Crippen molar-refractivity contribution < 1.29 is 4.74 Å². The quantitative estimate of drug-likeness (QED) is 0.562. The second-order valence-corrected chi connectivity index (χ2v) is 6.69. The third-order valence-electron chi connectivity index (χ3n) is 4.99. The van der Waals surface area contributed by atoms with Crippen LogP contribution in [0.3, 0.4) is 0 Å². The smallest absolute Gasteiger partial charge is 0.130 e. The molecule has 4 aromatic rings. The van der Waals surface area contributed by atoms with Gasteiger partial charge in [0.2, 0.25) is 0 Å². The van der Waals surface area contributed by atoms with Crippen molar-refractivity contribution in [2.45, 2.75) is 0 Å². The Labute approximate surface area is 156 Å². The van der Waals surface area contributed by atoms with Gasteiger partial charge in [0.25, 0.3) is 0 Å². The van der Waals surface area contributed by atoms with E-state index in [-0.39, 0.29) is 0 Å². The monoisotopic (exact) mass is 360 g/mol. The number of nitrogens with zero attached hydrogens (tertiary/aromatic N) is 6. The molecule has 3 aromatic heterocycles. The van der Waals surface area contributed by atoms with Crippen LogP contribution in [-0.4, -0.2) is 50.6 Å². The lowest BCUT2D eigenvalue weighted by Crippen LogP contribution is -2.36. The van der Waals surface area contributed by atoms with Gasteiger partial charge in [-0.3, -0.25) is 0 Å². The molecule has 1 aliphatic rings. The molecular formula is C20H20N6O. The Hall–Kier alpha value is -3.19. The van der Waals surface area contributed by atoms with Crippen LogP contribution < -0.4 is 4.90 Å². The Kier molecular flexibility index (Phi) is 3.86. The van der Waals surface area contributed by atoms with Crippen molar-refractivity contribution in [3.8, 4) is 16.9 Å². The van der Waals surface area contributed by atoms with Crippen molar-refractivity contribution in [1.29, 1.82) is 0 Å². The summed E-state index contributed by atoms with van der Waals surface area (Å²) in [4.78, 5) is 11.0. The number of anilines is 1. The van der Waals surface area contributed by atoms with Crippen molar-refractivity contribution >= 4 is 16.7 Å². The summed E-state index contributed by atoms with van der Waals surface area (Å²) in [6.07, 6.45) is 7.44. The molecule has 27 heavy (non-hydrogen) atoms. The molecule has 0 unspecified atom stereocenters. The summed E-state index contributed by atoms with van der Waals surface area (Å²) in [7, 11) is 2.00. The van der Waals surface area contributed by atoms with E-state index in [0.717, 1.165) is 60.0 Å². The molecule has 1 aromatic carbocycles. The normalized spacial score (nSPS) is 14.8. The first-order valence-electron chi connectivity index (χ1n) is 9.03. The molecule has 5 rings (SSSR count). The zero-order chi connectivity index (χ0) is 18.2. The highest BCUT2D eigenvalue weighted by Crippen LogP contribution is 2.26. The van der Waals surface area contributed by atoms with Crippen LogP contribution in [0.5, 0.6) is 0 Å². The van der Waals surface area contributed by atoms with Crippen LogP contribution in [-0.2, 0) is 11.8 Å². The van der Waals surface area contributed by atoms with Gasteiger partial charge >= 0.3 is 0 Å². The first-order valence-corrected chi connectivity index (χ1v) is 9.03. The lowest BCUT2D eigenvalue weighted by atomic mass is 10.1. The number of pyridine rings is 1.